The van der Waals surface area contributed by atoms with E-state index in [1.807, 2.05) is 6.08 Å². The maximum absolute atomic E-state index is 12.0. The van der Waals surface area contributed by atoms with E-state index in [1.54, 1.807) is 0 Å². The summed E-state index contributed by atoms with van der Waals surface area (Å²) in [7, 11) is 0. The van der Waals surface area contributed by atoms with Crippen LogP contribution in [0.25, 0.3) is 0 Å². The van der Waals surface area contributed by atoms with Crippen LogP contribution in [0, 0.1) is 22.7 Å². The molecule has 0 aromatic carbocycles. The zero-order valence-electron chi connectivity index (χ0n) is 16.6. The van der Waals surface area contributed by atoms with Crippen molar-refractivity contribution in [1.29, 1.82) is 0 Å². The fraction of sp³-hybridized carbons (Fsp3) is 0.783. The molecule has 1 N–H and O–H groups in total. The number of ketones is 1. The van der Waals surface area contributed by atoms with Gasteiger partial charge in [-0.1, -0.05) is 32.9 Å². The quantitative estimate of drug-likeness (QED) is 0.727. The van der Waals surface area contributed by atoms with Crippen molar-refractivity contribution < 1.29 is 14.6 Å². The van der Waals surface area contributed by atoms with Crippen molar-refractivity contribution in [2.75, 3.05) is 0 Å². The third-order valence-corrected chi connectivity index (χ3v) is 8.77. The van der Waals surface area contributed by atoms with E-state index in [1.165, 1.54) is 5.57 Å². The van der Waals surface area contributed by atoms with Gasteiger partial charge in [0.15, 0.2) is 5.78 Å². The number of carbonyl (C=O) groups excluding carboxylic acids is 1. The van der Waals surface area contributed by atoms with Crippen LogP contribution in [0.2, 0.25) is 0 Å². The number of hydrogen-bond donors (Lipinski definition) is 1. The molecule has 6 atom stereocenters. The van der Waals surface area contributed by atoms with Crippen molar-refractivity contribution in [2.24, 2.45) is 22.7 Å². The summed E-state index contributed by atoms with van der Waals surface area (Å²) in [4.78, 5) is 11.9. The molecular formula is C23H34O3. The highest BCUT2D eigenvalue weighted by Gasteiger charge is 2.66. The van der Waals surface area contributed by atoms with Gasteiger partial charge < -0.3 is 9.84 Å². The molecule has 0 radical (unpaired) electrons. The molecule has 144 valence electrons. The van der Waals surface area contributed by atoms with E-state index in [0.717, 1.165) is 57.1 Å². The highest BCUT2D eigenvalue weighted by molar-refractivity contribution is 5.91. The summed E-state index contributed by atoms with van der Waals surface area (Å²) in [6.07, 6.45) is 10.4. The Labute approximate surface area is 157 Å². The maximum Gasteiger partial charge on any atom is 0.155 e. The second-order valence-electron chi connectivity index (χ2n) is 9.73. The van der Waals surface area contributed by atoms with Gasteiger partial charge in [-0.25, -0.2) is 0 Å². The molecule has 4 aliphatic rings. The Balaban J connectivity index is 1.65. The van der Waals surface area contributed by atoms with Gasteiger partial charge in [-0.15, -0.1) is 0 Å². The van der Waals surface area contributed by atoms with E-state index in [-0.39, 0.29) is 22.7 Å². The van der Waals surface area contributed by atoms with E-state index in [2.05, 4.69) is 27.4 Å². The van der Waals surface area contributed by atoms with Crippen LogP contribution in [-0.4, -0.2) is 22.6 Å². The number of aliphatic hydroxyl groups is 1. The molecular weight excluding hydrogens is 324 g/mol. The normalized spacial score (nSPS) is 47.5. The van der Waals surface area contributed by atoms with Gasteiger partial charge >= 0.3 is 0 Å². The predicted octanol–water partition coefficient (Wildman–Crippen LogP) is 4.94. The third kappa shape index (κ3) is 2.32. The summed E-state index contributed by atoms with van der Waals surface area (Å²) >= 11 is 0. The first-order valence-electron chi connectivity index (χ1n) is 10.6. The first-order valence-corrected chi connectivity index (χ1v) is 10.6. The van der Waals surface area contributed by atoms with Crippen LogP contribution in [0.15, 0.2) is 24.0 Å². The second-order valence-corrected chi connectivity index (χ2v) is 9.73. The van der Waals surface area contributed by atoms with Crippen molar-refractivity contribution in [3.63, 3.8) is 0 Å². The average Bonchev–Trinajstić information content (AvgIpc) is 2.93. The van der Waals surface area contributed by atoms with Gasteiger partial charge in [0.2, 0.25) is 0 Å². The van der Waals surface area contributed by atoms with E-state index in [4.69, 9.17) is 4.74 Å². The zero-order chi connectivity index (χ0) is 18.7. The number of carbonyl (C=O) groups is 1. The van der Waals surface area contributed by atoms with Gasteiger partial charge in [0, 0.05) is 23.7 Å². The predicted molar refractivity (Wildman–Crippen MR) is 102 cm³/mol. The number of hydrogen-bond acceptors (Lipinski definition) is 3. The number of allylic oxidation sites excluding steroid dienone is 1. The number of rotatable bonds is 3. The molecule has 3 heteroatoms. The molecule has 26 heavy (non-hydrogen) atoms. The minimum atomic E-state index is -0.668. The van der Waals surface area contributed by atoms with E-state index < -0.39 is 5.60 Å². The highest BCUT2D eigenvalue weighted by atomic mass is 16.5. The Morgan fingerprint density at radius 2 is 1.96 bits per heavy atom. The maximum atomic E-state index is 12.0. The summed E-state index contributed by atoms with van der Waals surface area (Å²) in [6.45, 7) is 10.8. The summed E-state index contributed by atoms with van der Waals surface area (Å²) in [6, 6.07) is 0. The van der Waals surface area contributed by atoms with E-state index >= 15 is 0 Å². The summed E-state index contributed by atoms with van der Waals surface area (Å²) in [5.41, 5.74) is 0.452. The Morgan fingerprint density at radius 1 is 1.19 bits per heavy atom. The van der Waals surface area contributed by atoms with Crippen molar-refractivity contribution in [2.45, 2.75) is 90.3 Å². The molecule has 0 heterocycles. The lowest BCUT2D eigenvalue weighted by Gasteiger charge is -2.62. The van der Waals surface area contributed by atoms with Gasteiger partial charge in [0.05, 0.1) is 11.4 Å². The minimum Gasteiger partial charge on any atom is -0.495 e. The Morgan fingerprint density at radius 3 is 2.69 bits per heavy atom. The van der Waals surface area contributed by atoms with Crippen LogP contribution in [0.4, 0.5) is 0 Å². The van der Waals surface area contributed by atoms with E-state index in [9.17, 15) is 9.90 Å². The molecule has 0 saturated heterocycles. The topological polar surface area (TPSA) is 46.5 Å². The number of ether oxygens (including phenoxy) is 1. The second kappa shape index (κ2) is 5.95. The Bertz CT molecular complexity index is 664. The van der Waals surface area contributed by atoms with Gasteiger partial charge in [-0.3, -0.25) is 4.79 Å². The Kier molecular flexibility index (Phi) is 4.19. The van der Waals surface area contributed by atoms with Crippen molar-refractivity contribution in [3.05, 3.63) is 24.0 Å². The monoisotopic (exact) mass is 358 g/mol. The summed E-state index contributed by atoms with van der Waals surface area (Å²) in [5.74, 6) is 1.96. The highest BCUT2D eigenvalue weighted by Crippen LogP contribution is 2.67. The molecule has 3 saturated carbocycles. The lowest BCUT2D eigenvalue weighted by molar-refractivity contribution is -0.197. The van der Waals surface area contributed by atoms with Gasteiger partial charge in [-0.05, 0) is 62.9 Å². The number of fused-ring (bicyclic) bond motifs is 5. The Hall–Kier alpha value is -1.09. The first kappa shape index (κ1) is 18.3. The fourth-order valence-corrected chi connectivity index (χ4v) is 6.93. The molecule has 0 aliphatic heterocycles. The van der Waals surface area contributed by atoms with Crippen LogP contribution >= 0.6 is 0 Å². The molecule has 4 rings (SSSR count). The van der Waals surface area contributed by atoms with Crippen LogP contribution in [-0.2, 0) is 9.53 Å². The molecule has 0 spiro atoms. The zero-order valence-corrected chi connectivity index (χ0v) is 16.6. The van der Waals surface area contributed by atoms with Crippen LogP contribution in [0.5, 0.6) is 0 Å². The molecule has 0 aromatic heterocycles. The van der Waals surface area contributed by atoms with Crippen LogP contribution < -0.4 is 0 Å². The summed E-state index contributed by atoms with van der Waals surface area (Å²) < 4.78 is 6.26. The van der Waals surface area contributed by atoms with E-state index in [0.29, 0.717) is 18.3 Å². The van der Waals surface area contributed by atoms with Crippen molar-refractivity contribution in [3.8, 4) is 0 Å². The lowest BCUT2D eigenvalue weighted by atomic mass is 9.45. The molecule has 3 nitrogen and oxygen atoms in total. The van der Waals surface area contributed by atoms with Crippen molar-refractivity contribution >= 4 is 5.78 Å². The van der Waals surface area contributed by atoms with Crippen molar-refractivity contribution in [1.82, 2.24) is 0 Å². The SMILES string of the molecule is C=C(CC)O[C@H]1CCC2C3CCC4=CC(=O)CCC4(C)[C@@]3(O)CCC21C. The molecule has 4 aliphatic carbocycles. The average molecular weight is 359 g/mol. The molecule has 0 aromatic rings. The fourth-order valence-electron chi connectivity index (χ4n) is 6.93. The molecule has 0 amide bonds. The van der Waals surface area contributed by atoms with Gasteiger partial charge in [-0.2, -0.15) is 0 Å². The third-order valence-electron chi connectivity index (χ3n) is 8.77. The van der Waals surface area contributed by atoms with Gasteiger partial charge in [0.25, 0.3) is 0 Å². The first-order chi connectivity index (χ1) is 12.2. The molecule has 4 unspecified atom stereocenters. The van der Waals surface area contributed by atoms with Crippen LogP contribution in [0.3, 0.4) is 0 Å². The lowest BCUT2D eigenvalue weighted by Crippen LogP contribution is -2.63. The molecule has 0 bridgehead atoms. The standard InChI is InChI=1S/C23H34O3/c1-5-15(2)26-20-9-8-18-19-7-6-16-14-17(24)10-11-22(16,4)23(19,25)13-12-21(18,20)3/h14,18-20,25H,2,5-13H2,1,3-4H3/t18?,19?,20-,21?,22?,23+/m0/s1. The largest absolute Gasteiger partial charge is 0.495 e. The minimum absolute atomic E-state index is 0.136. The van der Waals surface area contributed by atoms with Gasteiger partial charge in [0.1, 0.15) is 6.10 Å². The smallest absolute Gasteiger partial charge is 0.155 e. The van der Waals surface area contributed by atoms with Crippen LogP contribution in [0.1, 0.15) is 78.6 Å². The molecule has 3 fully saturated rings. The summed E-state index contributed by atoms with van der Waals surface area (Å²) in [5, 5.41) is 12.0.